The van der Waals surface area contributed by atoms with E-state index >= 15 is 0 Å². The molecular formula is C24H17F3N8O. The largest absolute Gasteiger partial charge is 0.418 e. The summed E-state index contributed by atoms with van der Waals surface area (Å²) < 4.78 is 40.5. The molecule has 0 aliphatic rings. The van der Waals surface area contributed by atoms with Gasteiger partial charge < -0.3 is 11.1 Å². The molecule has 0 aliphatic carbocycles. The van der Waals surface area contributed by atoms with Crippen molar-refractivity contribution in [2.45, 2.75) is 13.1 Å². The van der Waals surface area contributed by atoms with E-state index in [0.29, 0.717) is 35.0 Å². The number of carbonyl (C=O) groups excluding carboxylic acids is 1. The topological polar surface area (TPSA) is 124 Å². The van der Waals surface area contributed by atoms with Crippen molar-refractivity contribution in [2.75, 3.05) is 11.1 Å². The van der Waals surface area contributed by atoms with Gasteiger partial charge in [-0.1, -0.05) is 18.2 Å². The first-order valence-electron chi connectivity index (χ1n) is 10.6. The maximum Gasteiger partial charge on any atom is 0.418 e. The second kappa shape index (κ2) is 8.73. The predicted octanol–water partition coefficient (Wildman–Crippen LogP) is 4.43. The molecule has 36 heavy (non-hydrogen) atoms. The molecule has 3 heterocycles. The highest BCUT2D eigenvalue weighted by atomic mass is 19.4. The number of fused-ring (bicyclic) bond motifs is 1. The number of benzene rings is 2. The highest BCUT2D eigenvalue weighted by molar-refractivity contribution is 6.03. The SMILES string of the molecule is Cc1ccc(NC(=O)c2cc(C(F)(F)F)cnn2)cc1-n1cc(-c2cccc3c(N)ncnc23)cn1. The third-order valence-electron chi connectivity index (χ3n) is 5.52. The van der Waals surface area contributed by atoms with Crippen molar-refractivity contribution in [3.63, 3.8) is 0 Å². The number of para-hydroxylation sites is 1. The van der Waals surface area contributed by atoms with Crippen molar-refractivity contribution >= 4 is 28.3 Å². The van der Waals surface area contributed by atoms with E-state index in [2.05, 4.69) is 30.6 Å². The zero-order valence-electron chi connectivity index (χ0n) is 18.7. The highest BCUT2D eigenvalue weighted by Crippen LogP contribution is 2.30. The van der Waals surface area contributed by atoms with Gasteiger partial charge in [-0.2, -0.15) is 23.4 Å². The van der Waals surface area contributed by atoms with Crippen LogP contribution in [0.3, 0.4) is 0 Å². The minimum Gasteiger partial charge on any atom is -0.383 e. The number of nitrogens with zero attached hydrogens (tertiary/aromatic N) is 6. The smallest absolute Gasteiger partial charge is 0.383 e. The fraction of sp³-hybridized carbons (Fsp3) is 0.0833. The van der Waals surface area contributed by atoms with E-state index in [0.717, 1.165) is 22.1 Å². The van der Waals surface area contributed by atoms with Crippen LogP contribution in [-0.2, 0) is 6.18 Å². The number of nitrogens with two attached hydrogens (primary N) is 1. The van der Waals surface area contributed by atoms with Crippen molar-refractivity contribution in [3.05, 3.63) is 84.2 Å². The number of halogens is 3. The number of aromatic nitrogens is 6. The minimum atomic E-state index is -4.64. The summed E-state index contributed by atoms with van der Waals surface area (Å²) in [5.74, 6) is -0.448. The molecule has 0 unspecified atom stereocenters. The predicted molar refractivity (Wildman–Crippen MR) is 126 cm³/mol. The molecule has 0 bridgehead atoms. The molecular weight excluding hydrogens is 473 g/mol. The lowest BCUT2D eigenvalue weighted by Gasteiger charge is -2.11. The van der Waals surface area contributed by atoms with Gasteiger partial charge in [-0.05, 0) is 36.8 Å². The summed E-state index contributed by atoms with van der Waals surface area (Å²) in [7, 11) is 0. The Hall–Kier alpha value is -4.87. The number of amides is 1. The number of nitrogens with one attached hydrogen (secondary N) is 1. The summed E-state index contributed by atoms with van der Waals surface area (Å²) in [6.45, 7) is 1.87. The molecule has 5 rings (SSSR count). The van der Waals surface area contributed by atoms with Gasteiger partial charge in [-0.15, -0.1) is 5.10 Å². The fourth-order valence-corrected chi connectivity index (χ4v) is 3.70. The zero-order valence-corrected chi connectivity index (χ0v) is 18.7. The van der Waals surface area contributed by atoms with Crippen LogP contribution < -0.4 is 11.1 Å². The second-order valence-electron chi connectivity index (χ2n) is 7.92. The standard InChI is InChI=1S/C24H17F3N8O/c1-13-5-6-16(33-23(36)19-7-15(10-31-34-19)24(25,26)27)8-20(13)35-11-14(9-32-35)17-3-2-4-18-21(17)29-12-30-22(18)28/h2-12H,1H3,(H,33,36)(H2,28,29,30). The van der Waals surface area contributed by atoms with Gasteiger partial charge in [0.2, 0.25) is 0 Å². The molecule has 0 atom stereocenters. The number of anilines is 2. The number of nitrogen functional groups attached to an aromatic ring is 1. The summed E-state index contributed by atoms with van der Waals surface area (Å²) in [6.07, 6.45) is 0.806. The molecule has 0 saturated heterocycles. The van der Waals surface area contributed by atoms with Crippen LogP contribution >= 0.6 is 0 Å². The number of carbonyl (C=O) groups is 1. The third-order valence-corrected chi connectivity index (χ3v) is 5.52. The lowest BCUT2D eigenvalue weighted by Crippen LogP contribution is -2.17. The van der Waals surface area contributed by atoms with Gasteiger partial charge in [0.15, 0.2) is 5.69 Å². The number of aryl methyl sites for hydroxylation is 1. The molecule has 0 spiro atoms. The van der Waals surface area contributed by atoms with Crippen LogP contribution in [0.25, 0.3) is 27.7 Å². The quantitative estimate of drug-likeness (QED) is 0.382. The molecule has 1 amide bonds. The molecule has 5 aromatic rings. The van der Waals surface area contributed by atoms with Crippen LogP contribution in [0, 0.1) is 6.92 Å². The van der Waals surface area contributed by atoms with E-state index in [1.165, 1.54) is 6.33 Å². The second-order valence-corrected chi connectivity index (χ2v) is 7.92. The van der Waals surface area contributed by atoms with Crippen molar-refractivity contribution in [3.8, 4) is 16.8 Å². The van der Waals surface area contributed by atoms with Crippen molar-refractivity contribution in [1.82, 2.24) is 29.9 Å². The van der Waals surface area contributed by atoms with Crippen LogP contribution in [0.5, 0.6) is 0 Å². The van der Waals surface area contributed by atoms with Crippen molar-refractivity contribution in [1.29, 1.82) is 0 Å². The van der Waals surface area contributed by atoms with Gasteiger partial charge in [-0.25, -0.2) is 14.6 Å². The normalized spacial score (nSPS) is 11.6. The van der Waals surface area contributed by atoms with E-state index in [1.54, 1.807) is 35.3 Å². The molecule has 3 N–H and O–H groups in total. The van der Waals surface area contributed by atoms with Crippen molar-refractivity contribution < 1.29 is 18.0 Å². The van der Waals surface area contributed by atoms with E-state index in [-0.39, 0.29) is 0 Å². The van der Waals surface area contributed by atoms with Gasteiger partial charge in [0.05, 0.1) is 29.2 Å². The molecule has 0 saturated carbocycles. The first-order chi connectivity index (χ1) is 17.2. The third kappa shape index (κ3) is 4.31. The number of hydrogen-bond acceptors (Lipinski definition) is 7. The highest BCUT2D eigenvalue weighted by Gasteiger charge is 2.32. The molecule has 0 aliphatic heterocycles. The summed E-state index contributed by atoms with van der Waals surface area (Å²) in [5.41, 5.74) is 8.61. The van der Waals surface area contributed by atoms with E-state index in [9.17, 15) is 18.0 Å². The Balaban J connectivity index is 1.45. The van der Waals surface area contributed by atoms with Crippen LogP contribution in [-0.4, -0.2) is 35.9 Å². The van der Waals surface area contributed by atoms with Gasteiger partial charge in [0, 0.05) is 28.4 Å². The van der Waals surface area contributed by atoms with Gasteiger partial charge in [0.25, 0.3) is 5.91 Å². The monoisotopic (exact) mass is 490 g/mol. The molecule has 0 fully saturated rings. The minimum absolute atomic E-state index is 0.350. The van der Waals surface area contributed by atoms with Crippen LogP contribution in [0.2, 0.25) is 0 Å². The van der Waals surface area contributed by atoms with Crippen LogP contribution in [0.15, 0.2) is 67.4 Å². The Kier molecular flexibility index (Phi) is 5.55. The molecule has 0 radical (unpaired) electrons. The maximum atomic E-state index is 13.0. The number of alkyl halides is 3. The van der Waals surface area contributed by atoms with Crippen LogP contribution in [0.1, 0.15) is 21.6 Å². The Morgan fingerprint density at radius 1 is 1.08 bits per heavy atom. The summed E-state index contributed by atoms with van der Waals surface area (Å²) in [6, 6.07) is 11.3. The first kappa shape index (κ1) is 22.9. The Morgan fingerprint density at radius 3 is 2.72 bits per heavy atom. The van der Waals surface area contributed by atoms with Gasteiger partial charge in [0.1, 0.15) is 12.1 Å². The van der Waals surface area contributed by atoms with E-state index in [1.807, 2.05) is 25.1 Å². The Morgan fingerprint density at radius 2 is 1.92 bits per heavy atom. The summed E-state index contributed by atoms with van der Waals surface area (Å²) in [5, 5.41) is 14.5. The maximum absolute atomic E-state index is 13.0. The Labute approximate surface area is 201 Å². The lowest BCUT2D eigenvalue weighted by molar-refractivity contribution is -0.137. The number of hydrogen-bond donors (Lipinski definition) is 2. The van der Waals surface area contributed by atoms with Crippen LogP contribution in [0.4, 0.5) is 24.7 Å². The molecule has 12 heteroatoms. The lowest BCUT2D eigenvalue weighted by atomic mass is 10.1. The summed E-state index contributed by atoms with van der Waals surface area (Å²) >= 11 is 0. The molecule has 3 aromatic heterocycles. The summed E-state index contributed by atoms with van der Waals surface area (Å²) in [4.78, 5) is 20.9. The van der Waals surface area contributed by atoms with Gasteiger partial charge in [-0.3, -0.25) is 4.79 Å². The molecule has 9 nitrogen and oxygen atoms in total. The molecule has 180 valence electrons. The molecule has 2 aromatic carbocycles. The van der Waals surface area contributed by atoms with E-state index in [4.69, 9.17) is 5.73 Å². The van der Waals surface area contributed by atoms with Gasteiger partial charge >= 0.3 is 6.18 Å². The van der Waals surface area contributed by atoms with E-state index < -0.39 is 23.3 Å². The average Bonchev–Trinajstić information content (AvgIpc) is 3.34. The fourth-order valence-electron chi connectivity index (χ4n) is 3.70. The number of rotatable bonds is 4. The zero-order chi connectivity index (χ0) is 25.4. The average molecular weight is 490 g/mol. The Bertz CT molecular complexity index is 1610. The first-order valence-corrected chi connectivity index (χ1v) is 10.6. The van der Waals surface area contributed by atoms with Crippen molar-refractivity contribution in [2.24, 2.45) is 0 Å².